The van der Waals surface area contributed by atoms with Crippen LogP contribution in [0, 0.1) is 13.8 Å². The third-order valence-electron chi connectivity index (χ3n) is 5.80. The summed E-state index contributed by atoms with van der Waals surface area (Å²) < 4.78 is 11.0. The molecule has 0 aliphatic carbocycles. The number of benzene rings is 3. The number of Topliss-reactive ketones (excluding diaryl/α,β-unsaturated/α-hetero) is 1. The quantitative estimate of drug-likeness (QED) is 0.343. The second kappa shape index (κ2) is 8.82. The van der Waals surface area contributed by atoms with Crippen LogP contribution in [0.15, 0.2) is 72.3 Å². The first kappa shape index (κ1) is 22.1. The lowest BCUT2D eigenvalue weighted by molar-refractivity contribution is -0.132. The predicted octanol–water partition coefficient (Wildman–Crippen LogP) is 4.95. The molecule has 6 heteroatoms. The molecule has 0 bridgehead atoms. The van der Waals surface area contributed by atoms with Gasteiger partial charge in [0.15, 0.2) is 0 Å². The number of hydrogen-bond donors (Lipinski definition) is 1. The van der Waals surface area contributed by atoms with Gasteiger partial charge in [-0.05, 0) is 44.2 Å². The lowest BCUT2D eigenvalue weighted by Gasteiger charge is -2.27. The van der Waals surface area contributed by atoms with Crippen molar-refractivity contribution in [3.8, 4) is 11.5 Å². The summed E-state index contributed by atoms with van der Waals surface area (Å²) in [4.78, 5) is 28.1. The first-order valence-corrected chi connectivity index (χ1v) is 10.5. The predicted molar refractivity (Wildman–Crippen MR) is 127 cm³/mol. The fourth-order valence-electron chi connectivity index (χ4n) is 4.14. The number of anilines is 1. The van der Waals surface area contributed by atoms with Crippen LogP contribution in [-0.4, -0.2) is 31.0 Å². The van der Waals surface area contributed by atoms with Crippen molar-refractivity contribution >= 4 is 23.1 Å². The van der Waals surface area contributed by atoms with E-state index in [2.05, 4.69) is 0 Å². The first-order chi connectivity index (χ1) is 15.9. The molecule has 33 heavy (non-hydrogen) atoms. The number of amides is 1. The molecule has 1 amide bonds. The van der Waals surface area contributed by atoms with E-state index in [4.69, 9.17) is 9.47 Å². The maximum Gasteiger partial charge on any atom is 0.300 e. The van der Waals surface area contributed by atoms with Crippen molar-refractivity contribution in [2.75, 3.05) is 19.1 Å². The molecule has 1 aliphatic rings. The van der Waals surface area contributed by atoms with Crippen molar-refractivity contribution in [3.63, 3.8) is 0 Å². The molecule has 6 nitrogen and oxygen atoms in total. The van der Waals surface area contributed by atoms with E-state index in [1.54, 1.807) is 42.5 Å². The van der Waals surface area contributed by atoms with Gasteiger partial charge in [0, 0.05) is 11.3 Å². The molecule has 168 valence electrons. The van der Waals surface area contributed by atoms with Crippen molar-refractivity contribution in [2.45, 2.75) is 19.9 Å². The molecule has 1 heterocycles. The van der Waals surface area contributed by atoms with Crippen molar-refractivity contribution in [3.05, 3.63) is 94.6 Å². The highest BCUT2D eigenvalue weighted by Crippen LogP contribution is 2.45. The molecule has 3 aromatic rings. The maximum atomic E-state index is 13.3. The van der Waals surface area contributed by atoms with Gasteiger partial charge in [0.1, 0.15) is 17.3 Å². The number of aryl methyl sites for hydroxylation is 2. The minimum atomic E-state index is -0.880. The van der Waals surface area contributed by atoms with Gasteiger partial charge in [0.2, 0.25) is 0 Å². The third-order valence-corrected chi connectivity index (χ3v) is 5.80. The van der Waals surface area contributed by atoms with Crippen molar-refractivity contribution in [2.24, 2.45) is 0 Å². The van der Waals surface area contributed by atoms with E-state index in [0.29, 0.717) is 28.3 Å². The van der Waals surface area contributed by atoms with Gasteiger partial charge in [0.25, 0.3) is 11.7 Å². The molecule has 4 rings (SSSR count). The van der Waals surface area contributed by atoms with Gasteiger partial charge in [-0.2, -0.15) is 0 Å². The van der Waals surface area contributed by atoms with E-state index in [1.165, 1.54) is 19.1 Å². The topological polar surface area (TPSA) is 76.1 Å². The van der Waals surface area contributed by atoms with Crippen LogP contribution in [0.1, 0.15) is 28.3 Å². The Hall–Kier alpha value is -4.06. The standard InChI is InChI=1S/C27H25NO5/c1-16-9-12-18(13-10-16)28-24(19-7-5-6-8-21(19)32-3)23(26(30)27(28)31)25(29)20-15-17(2)11-14-22(20)33-4/h5-15,24,29H,1-4H3/b25-23+. The number of rotatable bonds is 5. The fraction of sp³-hybridized carbons (Fsp3) is 0.185. The summed E-state index contributed by atoms with van der Waals surface area (Å²) in [5.74, 6) is -0.878. The number of aliphatic hydroxyl groups is 1. The summed E-state index contributed by atoms with van der Waals surface area (Å²) in [5.41, 5.74) is 3.36. The Balaban J connectivity index is 2.02. The van der Waals surface area contributed by atoms with E-state index in [0.717, 1.165) is 11.1 Å². The summed E-state index contributed by atoms with van der Waals surface area (Å²) in [6, 6.07) is 18.9. The van der Waals surface area contributed by atoms with E-state index in [9.17, 15) is 14.7 Å². The van der Waals surface area contributed by atoms with E-state index < -0.39 is 17.7 Å². The normalized spacial score (nSPS) is 17.3. The number of carbonyl (C=O) groups is 2. The van der Waals surface area contributed by atoms with Crippen LogP contribution < -0.4 is 14.4 Å². The largest absolute Gasteiger partial charge is 0.507 e. The van der Waals surface area contributed by atoms with E-state index >= 15 is 0 Å². The SMILES string of the molecule is COc1ccc(C)cc1/C(O)=C1\C(=O)C(=O)N(c2ccc(C)cc2)C1c1ccccc1OC. The molecule has 1 saturated heterocycles. The second-order valence-electron chi connectivity index (χ2n) is 7.95. The van der Waals surface area contributed by atoms with Crippen molar-refractivity contribution in [1.82, 2.24) is 0 Å². The van der Waals surface area contributed by atoms with Gasteiger partial charge in [0.05, 0.1) is 31.4 Å². The second-order valence-corrected chi connectivity index (χ2v) is 7.95. The number of methoxy groups -OCH3 is 2. The molecule has 0 spiro atoms. The zero-order valence-electron chi connectivity index (χ0n) is 19.0. The molecule has 1 N–H and O–H groups in total. The maximum absolute atomic E-state index is 13.3. The van der Waals surface area contributed by atoms with Crippen molar-refractivity contribution in [1.29, 1.82) is 0 Å². The molecule has 3 aromatic carbocycles. The van der Waals surface area contributed by atoms with E-state index in [1.807, 2.05) is 38.1 Å². The molecule has 0 aromatic heterocycles. The molecule has 0 radical (unpaired) electrons. The van der Waals surface area contributed by atoms with Gasteiger partial charge < -0.3 is 14.6 Å². The lowest BCUT2D eigenvalue weighted by atomic mass is 9.93. The number of ether oxygens (including phenoxy) is 2. The summed E-state index contributed by atoms with van der Waals surface area (Å²) in [6.45, 7) is 3.82. The van der Waals surface area contributed by atoms with Crippen LogP contribution in [0.4, 0.5) is 5.69 Å². The molecular weight excluding hydrogens is 418 g/mol. The number of para-hydroxylation sites is 1. The smallest absolute Gasteiger partial charge is 0.300 e. The zero-order chi connectivity index (χ0) is 23.7. The third kappa shape index (κ3) is 3.84. The minimum Gasteiger partial charge on any atom is -0.507 e. The Bertz CT molecular complexity index is 1260. The van der Waals surface area contributed by atoms with Gasteiger partial charge in [-0.1, -0.05) is 47.5 Å². The highest BCUT2D eigenvalue weighted by molar-refractivity contribution is 6.51. The van der Waals surface area contributed by atoms with Gasteiger partial charge in [-0.3, -0.25) is 14.5 Å². The average Bonchev–Trinajstić information content (AvgIpc) is 3.09. The first-order valence-electron chi connectivity index (χ1n) is 10.5. The van der Waals surface area contributed by atoms with Crippen LogP contribution in [0.3, 0.4) is 0 Å². The van der Waals surface area contributed by atoms with Crippen LogP contribution in [0.2, 0.25) is 0 Å². The fourth-order valence-corrected chi connectivity index (χ4v) is 4.14. The summed E-state index contributed by atoms with van der Waals surface area (Å²) in [7, 11) is 3.02. The van der Waals surface area contributed by atoms with Gasteiger partial charge in [-0.15, -0.1) is 0 Å². The molecule has 1 fully saturated rings. The number of carbonyl (C=O) groups excluding carboxylic acids is 2. The number of aliphatic hydroxyl groups excluding tert-OH is 1. The van der Waals surface area contributed by atoms with Crippen LogP contribution in [0.5, 0.6) is 11.5 Å². The molecule has 1 atom stereocenters. The highest BCUT2D eigenvalue weighted by atomic mass is 16.5. The van der Waals surface area contributed by atoms with Crippen LogP contribution in [-0.2, 0) is 9.59 Å². The zero-order valence-corrected chi connectivity index (χ0v) is 19.0. The number of nitrogens with zero attached hydrogens (tertiary/aromatic N) is 1. The monoisotopic (exact) mass is 443 g/mol. The Labute approximate surface area is 192 Å². The van der Waals surface area contributed by atoms with Crippen LogP contribution >= 0.6 is 0 Å². The lowest BCUT2D eigenvalue weighted by Crippen LogP contribution is -2.29. The molecule has 1 aliphatic heterocycles. The minimum absolute atomic E-state index is 0.0195. The summed E-state index contributed by atoms with van der Waals surface area (Å²) in [5, 5.41) is 11.4. The Morgan fingerprint density at radius 2 is 1.48 bits per heavy atom. The van der Waals surface area contributed by atoms with Gasteiger partial charge >= 0.3 is 0 Å². The molecular formula is C27H25NO5. The Morgan fingerprint density at radius 1 is 0.848 bits per heavy atom. The van der Waals surface area contributed by atoms with E-state index in [-0.39, 0.29) is 11.3 Å². The average molecular weight is 443 g/mol. The number of ketones is 1. The Morgan fingerprint density at radius 3 is 2.15 bits per heavy atom. The van der Waals surface area contributed by atoms with Crippen LogP contribution in [0.25, 0.3) is 5.76 Å². The summed E-state index contributed by atoms with van der Waals surface area (Å²) in [6.07, 6.45) is 0. The molecule has 1 unspecified atom stereocenters. The Kier molecular flexibility index (Phi) is 5.92. The van der Waals surface area contributed by atoms with Gasteiger partial charge in [-0.25, -0.2) is 0 Å². The summed E-state index contributed by atoms with van der Waals surface area (Å²) >= 11 is 0. The highest BCUT2D eigenvalue weighted by Gasteiger charge is 2.48. The van der Waals surface area contributed by atoms with Crippen molar-refractivity contribution < 1.29 is 24.2 Å². The number of hydrogen-bond acceptors (Lipinski definition) is 5. The molecule has 0 saturated carbocycles.